The lowest BCUT2D eigenvalue weighted by atomic mass is 9.98. The predicted octanol–water partition coefficient (Wildman–Crippen LogP) is 3.61. The lowest BCUT2D eigenvalue weighted by Crippen LogP contribution is -2.29. The third-order valence-electron chi connectivity index (χ3n) is 3.09. The Kier molecular flexibility index (Phi) is 4.97. The molecule has 0 saturated heterocycles. The van der Waals surface area contributed by atoms with Crippen molar-refractivity contribution in [2.45, 2.75) is 18.6 Å². The molecule has 1 atom stereocenters. The van der Waals surface area contributed by atoms with Crippen molar-refractivity contribution < 1.29 is 13.2 Å². The fourth-order valence-electron chi connectivity index (χ4n) is 2.00. The molecule has 0 amide bonds. The number of nitrogens with two attached hydrogens (primary N) is 1. The Labute approximate surface area is 128 Å². The molecule has 0 fully saturated rings. The van der Waals surface area contributed by atoms with Crippen LogP contribution in [0.15, 0.2) is 47.2 Å². The molecule has 0 aliphatic rings. The van der Waals surface area contributed by atoms with Gasteiger partial charge in [0.2, 0.25) is 0 Å². The van der Waals surface area contributed by atoms with Gasteiger partial charge in [0, 0.05) is 22.9 Å². The number of hydrazine groups is 1. The van der Waals surface area contributed by atoms with Crippen LogP contribution in [0.5, 0.6) is 0 Å². The van der Waals surface area contributed by atoms with Crippen molar-refractivity contribution in [1.82, 2.24) is 10.4 Å². The summed E-state index contributed by atoms with van der Waals surface area (Å²) in [5, 5.41) is 0. The molecule has 1 heterocycles. The van der Waals surface area contributed by atoms with Crippen LogP contribution in [0, 0.1) is 0 Å². The van der Waals surface area contributed by atoms with Crippen molar-refractivity contribution >= 4 is 15.9 Å². The minimum absolute atomic E-state index is 0.0124. The van der Waals surface area contributed by atoms with Gasteiger partial charge in [-0.15, -0.1) is 0 Å². The summed E-state index contributed by atoms with van der Waals surface area (Å²) in [7, 11) is 0. The van der Waals surface area contributed by atoms with Gasteiger partial charge >= 0.3 is 6.18 Å². The molecule has 2 rings (SSSR count). The summed E-state index contributed by atoms with van der Waals surface area (Å²) < 4.78 is 38.8. The lowest BCUT2D eigenvalue weighted by Gasteiger charge is -2.19. The van der Waals surface area contributed by atoms with E-state index in [0.717, 1.165) is 11.6 Å². The maximum absolute atomic E-state index is 12.9. The van der Waals surface area contributed by atoms with E-state index < -0.39 is 17.8 Å². The second-order valence-corrected chi connectivity index (χ2v) is 5.37. The molecule has 0 saturated carbocycles. The molecule has 21 heavy (non-hydrogen) atoms. The van der Waals surface area contributed by atoms with Crippen LogP contribution >= 0.6 is 15.9 Å². The molecule has 112 valence electrons. The van der Waals surface area contributed by atoms with Crippen LogP contribution in [-0.2, 0) is 12.6 Å². The van der Waals surface area contributed by atoms with Crippen molar-refractivity contribution in [3.05, 3.63) is 63.9 Å². The van der Waals surface area contributed by atoms with Crippen LogP contribution in [-0.4, -0.2) is 4.98 Å². The molecule has 0 spiro atoms. The summed E-state index contributed by atoms with van der Waals surface area (Å²) in [4.78, 5) is 3.90. The van der Waals surface area contributed by atoms with Gasteiger partial charge < -0.3 is 0 Å². The lowest BCUT2D eigenvalue weighted by molar-refractivity contribution is -0.138. The quantitative estimate of drug-likeness (QED) is 0.647. The van der Waals surface area contributed by atoms with Crippen LogP contribution in [0.2, 0.25) is 0 Å². The maximum Gasteiger partial charge on any atom is 0.417 e. The zero-order chi connectivity index (χ0) is 15.5. The normalized spacial score (nSPS) is 13.2. The van der Waals surface area contributed by atoms with Crippen LogP contribution in [0.4, 0.5) is 13.2 Å². The van der Waals surface area contributed by atoms with Gasteiger partial charge in [0.1, 0.15) is 0 Å². The number of nitrogens with one attached hydrogen (secondary N) is 1. The van der Waals surface area contributed by atoms with Gasteiger partial charge in [-0.25, -0.2) is 0 Å². The summed E-state index contributed by atoms with van der Waals surface area (Å²) in [6, 6.07) is 7.29. The molecule has 7 heteroatoms. The third kappa shape index (κ3) is 4.03. The summed E-state index contributed by atoms with van der Waals surface area (Å²) in [6.45, 7) is 0. The summed E-state index contributed by atoms with van der Waals surface area (Å²) in [5.41, 5.74) is 3.26. The Balaban J connectivity index is 2.30. The first-order valence-electron chi connectivity index (χ1n) is 6.13. The van der Waals surface area contributed by atoms with Gasteiger partial charge in [0.25, 0.3) is 0 Å². The van der Waals surface area contributed by atoms with Crippen molar-refractivity contribution in [3.63, 3.8) is 0 Å². The third-order valence-corrected chi connectivity index (χ3v) is 3.78. The summed E-state index contributed by atoms with van der Waals surface area (Å²) in [6.07, 6.45) is -0.681. The highest BCUT2D eigenvalue weighted by atomic mass is 79.9. The largest absolute Gasteiger partial charge is 0.417 e. The molecule has 0 bridgehead atoms. The fourth-order valence-corrected chi connectivity index (χ4v) is 2.48. The van der Waals surface area contributed by atoms with Gasteiger partial charge in [0.05, 0.1) is 5.56 Å². The van der Waals surface area contributed by atoms with Crippen LogP contribution < -0.4 is 11.3 Å². The van der Waals surface area contributed by atoms with Crippen molar-refractivity contribution in [1.29, 1.82) is 0 Å². The predicted molar refractivity (Wildman–Crippen MR) is 77.1 cm³/mol. The number of aromatic nitrogens is 1. The topological polar surface area (TPSA) is 50.9 Å². The van der Waals surface area contributed by atoms with Gasteiger partial charge in [0.15, 0.2) is 0 Å². The van der Waals surface area contributed by atoms with E-state index in [1.807, 2.05) is 0 Å². The smallest absolute Gasteiger partial charge is 0.271 e. The summed E-state index contributed by atoms with van der Waals surface area (Å²) >= 11 is 2.92. The Morgan fingerprint density at radius 2 is 1.86 bits per heavy atom. The Bertz CT molecular complexity index is 602. The van der Waals surface area contributed by atoms with E-state index in [4.69, 9.17) is 5.84 Å². The van der Waals surface area contributed by atoms with Crippen LogP contribution in [0.3, 0.4) is 0 Å². The first kappa shape index (κ1) is 15.9. The van der Waals surface area contributed by atoms with E-state index in [0.29, 0.717) is 12.0 Å². The molecule has 3 N–H and O–H groups in total. The second-order valence-electron chi connectivity index (χ2n) is 4.52. The van der Waals surface area contributed by atoms with E-state index in [9.17, 15) is 13.2 Å². The molecule has 3 nitrogen and oxygen atoms in total. The SMILES string of the molecule is NNC(Cc1ccncc1)c1ccc(Br)c(C(F)(F)F)c1. The highest BCUT2D eigenvalue weighted by Crippen LogP contribution is 2.36. The van der Waals surface area contributed by atoms with Crippen LogP contribution in [0.1, 0.15) is 22.7 Å². The van der Waals surface area contributed by atoms with E-state index in [2.05, 4.69) is 26.3 Å². The maximum atomic E-state index is 12.9. The molecule has 1 unspecified atom stereocenters. The first-order chi connectivity index (χ1) is 9.91. The number of nitrogens with zero attached hydrogens (tertiary/aromatic N) is 1. The van der Waals surface area contributed by atoms with E-state index in [-0.39, 0.29) is 4.47 Å². The van der Waals surface area contributed by atoms with E-state index >= 15 is 0 Å². The van der Waals surface area contributed by atoms with Gasteiger partial charge in [-0.05, 0) is 41.8 Å². The Morgan fingerprint density at radius 3 is 2.43 bits per heavy atom. The van der Waals surface area contributed by atoms with Crippen LogP contribution in [0.25, 0.3) is 0 Å². The minimum atomic E-state index is -4.41. The number of benzene rings is 1. The highest BCUT2D eigenvalue weighted by molar-refractivity contribution is 9.10. The average molecular weight is 360 g/mol. The molecule has 0 radical (unpaired) electrons. The molecule has 1 aromatic carbocycles. The Hall–Kier alpha value is -1.44. The van der Waals surface area contributed by atoms with Gasteiger partial charge in [-0.2, -0.15) is 13.2 Å². The molecule has 0 aliphatic heterocycles. The number of pyridine rings is 1. The van der Waals surface area contributed by atoms with E-state index in [1.54, 1.807) is 30.6 Å². The van der Waals surface area contributed by atoms with Gasteiger partial charge in [-0.1, -0.05) is 22.0 Å². The highest BCUT2D eigenvalue weighted by Gasteiger charge is 2.33. The van der Waals surface area contributed by atoms with E-state index in [1.165, 1.54) is 6.07 Å². The number of hydrogen-bond acceptors (Lipinski definition) is 3. The second kappa shape index (κ2) is 6.55. The molecule has 0 aliphatic carbocycles. The zero-order valence-corrected chi connectivity index (χ0v) is 12.4. The number of hydrogen-bond donors (Lipinski definition) is 2. The van der Waals surface area contributed by atoms with Crippen molar-refractivity contribution in [2.24, 2.45) is 5.84 Å². The zero-order valence-electron chi connectivity index (χ0n) is 10.9. The standard InChI is InChI=1S/C14H13BrF3N3/c15-12-2-1-10(8-11(12)14(16,17)18)13(21-19)7-9-3-5-20-6-4-9/h1-6,8,13,21H,7,19H2. The monoisotopic (exact) mass is 359 g/mol. The minimum Gasteiger partial charge on any atom is -0.271 e. The van der Waals surface area contributed by atoms with Crippen molar-refractivity contribution in [2.75, 3.05) is 0 Å². The molecule has 1 aromatic heterocycles. The van der Waals surface area contributed by atoms with Gasteiger partial charge in [-0.3, -0.25) is 16.3 Å². The summed E-state index contributed by atoms with van der Waals surface area (Å²) in [5.74, 6) is 5.49. The average Bonchev–Trinajstić information content (AvgIpc) is 2.45. The number of rotatable bonds is 4. The molecular formula is C14H13BrF3N3. The van der Waals surface area contributed by atoms with Crippen molar-refractivity contribution in [3.8, 4) is 0 Å². The first-order valence-corrected chi connectivity index (χ1v) is 6.93. The fraction of sp³-hybridized carbons (Fsp3) is 0.214. The Morgan fingerprint density at radius 1 is 1.19 bits per heavy atom. The number of alkyl halides is 3. The molecular weight excluding hydrogens is 347 g/mol. The number of halogens is 4. The molecule has 2 aromatic rings.